The number of unbranched alkanes of at least 4 members (excludes halogenated alkanes) is 2. The number of Topliss-reactive ketones (excluding diaryl/α,β-unsaturated/α-hetero) is 1. The van der Waals surface area contributed by atoms with Crippen LogP contribution in [0.15, 0.2) is 22.7 Å². The topological polar surface area (TPSA) is 52.3 Å². The maximum absolute atomic E-state index is 11.8. The van der Waals surface area contributed by atoms with Gasteiger partial charge in [0.25, 0.3) is 0 Å². The molecule has 3 nitrogen and oxygen atoms in total. The average Bonchev–Trinajstić information content (AvgIpc) is 2.35. The van der Waals surface area contributed by atoms with Gasteiger partial charge in [0, 0.05) is 12.8 Å². The third-order valence-corrected chi connectivity index (χ3v) is 3.40. The van der Waals surface area contributed by atoms with Crippen LogP contribution in [-0.4, -0.2) is 19.4 Å². The van der Waals surface area contributed by atoms with E-state index in [1.165, 1.54) is 0 Å². The Labute approximate surface area is 117 Å². The van der Waals surface area contributed by atoms with E-state index in [1.807, 2.05) is 18.2 Å². The number of carbonyl (C=O) groups excluding carboxylic acids is 1. The number of hydrogen-bond acceptors (Lipinski definition) is 3. The molecule has 0 aliphatic carbocycles. The van der Waals surface area contributed by atoms with Gasteiger partial charge in [-0.15, -0.1) is 0 Å². The highest BCUT2D eigenvalue weighted by Crippen LogP contribution is 2.25. The fourth-order valence-corrected chi connectivity index (χ4v) is 2.37. The molecule has 0 heterocycles. The summed E-state index contributed by atoms with van der Waals surface area (Å²) in [6, 6.07) is 5.75. The van der Waals surface area contributed by atoms with Crippen LogP contribution in [-0.2, 0) is 11.2 Å². The van der Waals surface area contributed by atoms with Gasteiger partial charge < -0.3 is 10.5 Å². The highest BCUT2D eigenvalue weighted by Gasteiger charge is 2.06. The lowest BCUT2D eigenvalue weighted by atomic mass is 10.0. The van der Waals surface area contributed by atoms with Crippen molar-refractivity contribution >= 4 is 21.7 Å². The van der Waals surface area contributed by atoms with E-state index in [0.29, 0.717) is 19.4 Å². The van der Waals surface area contributed by atoms with Gasteiger partial charge in [-0.2, -0.15) is 0 Å². The maximum Gasteiger partial charge on any atom is 0.137 e. The zero-order valence-corrected chi connectivity index (χ0v) is 12.3. The Bertz CT molecular complexity index is 393. The van der Waals surface area contributed by atoms with Crippen LogP contribution in [0.5, 0.6) is 5.75 Å². The highest BCUT2D eigenvalue weighted by atomic mass is 79.9. The van der Waals surface area contributed by atoms with Crippen LogP contribution in [0.2, 0.25) is 0 Å². The Morgan fingerprint density at radius 1 is 1.33 bits per heavy atom. The lowest BCUT2D eigenvalue weighted by Gasteiger charge is -2.06. The largest absolute Gasteiger partial charge is 0.496 e. The number of rotatable bonds is 8. The van der Waals surface area contributed by atoms with Gasteiger partial charge in [0.1, 0.15) is 11.5 Å². The molecular formula is C14H20BrNO2. The van der Waals surface area contributed by atoms with Crippen molar-refractivity contribution in [3.05, 3.63) is 28.2 Å². The molecular weight excluding hydrogens is 294 g/mol. The van der Waals surface area contributed by atoms with Crippen LogP contribution in [0.1, 0.15) is 31.2 Å². The number of ketones is 1. The van der Waals surface area contributed by atoms with E-state index in [1.54, 1.807) is 7.11 Å². The van der Waals surface area contributed by atoms with Gasteiger partial charge >= 0.3 is 0 Å². The van der Waals surface area contributed by atoms with Crippen molar-refractivity contribution in [3.63, 3.8) is 0 Å². The summed E-state index contributed by atoms with van der Waals surface area (Å²) in [6.07, 6.45) is 4.11. The Kier molecular flexibility index (Phi) is 6.98. The normalized spacial score (nSPS) is 10.4. The number of hydrogen-bond donors (Lipinski definition) is 1. The molecule has 0 unspecified atom stereocenters. The minimum Gasteiger partial charge on any atom is -0.496 e. The lowest BCUT2D eigenvalue weighted by molar-refractivity contribution is -0.118. The molecule has 100 valence electrons. The van der Waals surface area contributed by atoms with Gasteiger partial charge in [-0.25, -0.2) is 0 Å². The van der Waals surface area contributed by atoms with Crippen molar-refractivity contribution in [2.75, 3.05) is 13.7 Å². The fourth-order valence-electron chi connectivity index (χ4n) is 1.78. The SMILES string of the molecule is COc1ccc(CC(=O)CCCCCN)cc1Br. The van der Waals surface area contributed by atoms with Gasteiger partial charge in [0.05, 0.1) is 11.6 Å². The number of methoxy groups -OCH3 is 1. The summed E-state index contributed by atoms with van der Waals surface area (Å²) in [5.41, 5.74) is 6.43. The predicted octanol–water partition coefficient (Wildman–Crippen LogP) is 3.09. The van der Waals surface area contributed by atoms with Crippen LogP contribution >= 0.6 is 15.9 Å². The molecule has 18 heavy (non-hydrogen) atoms. The monoisotopic (exact) mass is 313 g/mol. The molecule has 0 aliphatic rings. The molecule has 0 radical (unpaired) electrons. The zero-order chi connectivity index (χ0) is 13.4. The van der Waals surface area contributed by atoms with E-state index in [9.17, 15) is 4.79 Å². The van der Waals surface area contributed by atoms with Crippen LogP contribution in [0.4, 0.5) is 0 Å². The number of ether oxygens (including phenoxy) is 1. The molecule has 2 N–H and O–H groups in total. The Morgan fingerprint density at radius 3 is 2.72 bits per heavy atom. The molecule has 0 saturated carbocycles. The van der Waals surface area contributed by atoms with Crippen LogP contribution in [0, 0.1) is 0 Å². The van der Waals surface area contributed by atoms with Gasteiger partial charge in [-0.1, -0.05) is 12.5 Å². The first kappa shape index (κ1) is 15.2. The molecule has 1 rings (SSSR count). The van der Waals surface area contributed by atoms with Crippen molar-refractivity contribution in [1.82, 2.24) is 0 Å². The molecule has 1 aromatic rings. The zero-order valence-electron chi connectivity index (χ0n) is 10.7. The van der Waals surface area contributed by atoms with E-state index in [4.69, 9.17) is 10.5 Å². The van der Waals surface area contributed by atoms with Crippen molar-refractivity contribution in [2.45, 2.75) is 32.1 Å². The average molecular weight is 314 g/mol. The summed E-state index contributed by atoms with van der Waals surface area (Å²) in [5.74, 6) is 1.07. The fraction of sp³-hybridized carbons (Fsp3) is 0.500. The number of nitrogens with two attached hydrogens (primary N) is 1. The van der Waals surface area contributed by atoms with Crippen molar-refractivity contribution < 1.29 is 9.53 Å². The molecule has 1 aromatic carbocycles. The number of carbonyl (C=O) groups is 1. The summed E-state index contributed by atoms with van der Waals surface area (Å²) in [6.45, 7) is 0.708. The third-order valence-electron chi connectivity index (χ3n) is 2.78. The van der Waals surface area contributed by atoms with Gasteiger partial charge in [-0.3, -0.25) is 4.79 Å². The molecule has 0 atom stereocenters. The van der Waals surface area contributed by atoms with Crippen LogP contribution < -0.4 is 10.5 Å². The first-order valence-electron chi connectivity index (χ1n) is 6.21. The first-order valence-corrected chi connectivity index (χ1v) is 7.01. The van der Waals surface area contributed by atoms with E-state index < -0.39 is 0 Å². The van der Waals surface area contributed by atoms with E-state index in [2.05, 4.69) is 15.9 Å². The van der Waals surface area contributed by atoms with E-state index in [0.717, 1.165) is 35.0 Å². The van der Waals surface area contributed by atoms with Crippen molar-refractivity contribution in [3.8, 4) is 5.75 Å². The molecule has 0 bridgehead atoms. The van der Waals surface area contributed by atoms with Crippen LogP contribution in [0.3, 0.4) is 0 Å². The quantitative estimate of drug-likeness (QED) is 0.750. The first-order chi connectivity index (χ1) is 8.67. The third kappa shape index (κ3) is 5.19. The standard InChI is InChI=1S/C14H20BrNO2/c1-18-14-7-6-11(10-13(14)15)9-12(17)5-3-2-4-8-16/h6-7,10H,2-5,8-9,16H2,1H3. The second-order valence-electron chi connectivity index (χ2n) is 4.28. The maximum atomic E-state index is 11.8. The minimum atomic E-state index is 0.282. The summed E-state index contributed by atoms with van der Waals surface area (Å²) < 4.78 is 6.04. The van der Waals surface area contributed by atoms with Crippen LogP contribution in [0.25, 0.3) is 0 Å². The smallest absolute Gasteiger partial charge is 0.137 e. The van der Waals surface area contributed by atoms with E-state index in [-0.39, 0.29) is 5.78 Å². The number of halogens is 1. The Morgan fingerprint density at radius 2 is 2.11 bits per heavy atom. The Balaban J connectivity index is 2.42. The Hall–Kier alpha value is -0.870. The molecule has 4 heteroatoms. The molecule has 0 amide bonds. The summed E-state index contributed by atoms with van der Waals surface area (Å²) >= 11 is 3.42. The van der Waals surface area contributed by atoms with Crippen molar-refractivity contribution in [1.29, 1.82) is 0 Å². The summed E-state index contributed by atoms with van der Waals surface area (Å²) in [7, 11) is 1.63. The summed E-state index contributed by atoms with van der Waals surface area (Å²) in [5, 5.41) is 0. The second-order valence-corrected chi connectivity index (χ2v) is 5.14. The van der Waals surface area contributed by atoms with E-state index >= 15 is 0 Å². The molecule has 0 fully saturated rings. The van der Waals surface area contributed by atoms with Gasteiger partial charge in [-0.05, 0) is 53.0 Å². The molecule has 0 spiro atoms. The lowest BCUT2D eigenvalue weighted by Crippen LogP contribution is -2.04. The molecule has 0 aliphatic heterocycles. The van der Waals surface area contributed by atoms with Crippen molar-refractivity contribution in [2.24, 2.45) is 5.73 Å². The second kappa shape index (κ2) is 8.27. The highest BCUT2D eigenvalue weighted by molar-refractivity contribution is 9.10. The molecule has 0 saturated heterocycles. The van der Waals surface area contributed by atoms with Gasteiger partial charge in [0.15, 0.2) is 0 Å². The minimum absolute atomic E-state index is 0.282. The molecule has 0 aromatic heterocycles. The summed E-state index contributed by atoms with van der Waals surface area (Å²) in [4.78, 5) is 11.8. The van der Waals surface area contributed by atoms with Gasteiger partial charge in [0.2, 0.25) is 0 Å². The number of benzene rings is 1. The predicted molar refractivity (Wildman–Crippen MR) is 76.9 cm³/mol.